The van der Waals surface area contributed by atoms with Crippen molar-refractivity contribution >= 4 is 0 Å². The third-order valence-electron chi connectivity index (χ3n) is 3.55. The van der Waals surface area contributed by atoms with Gasteiger partial charge in [0.1, 0.15) is 12.4 Å². The van der Waals surface area contributed by atoms with Crippen LogP contribution in [-0.2, 0) is 11.3 Å². The molecule has 11 heteroatoms. The van der Waals surface area contributed by atoms with E-state index in [1.807, 2.05) is 0 Å². The Bertz CT molecular complexity index is 1020. The molecule has 29 heavy (non-hydrogen) atoms. The fraction of sp³-hybridized carbons (Fsp3) is 0.278. The summed E-state index contributed by atoms with van der Waals surface area (Å²) in [4.78, 5) is 23.7. The second-order valence-corrected chi connectivity index (χ2v) is 5.98. The third-order valence-corrected chi connectivity index (χ3v) is 3.55. The van der Waals surface area contributed by atoms with Crippen LogP contribution in [-0.4, -0.2) is 44.1 Å². The molecule has 0 aliphatic rings. The van der Waals surface area contributed by atoms with Crippen molar-refractivity contribution in [2.75, 3.05) is 13.2 Å². The maximum atomic E-state index is 13.3. The Labute approximate surface area is 163 Å². The van der Waals surface area contributed by atoms with Gasteiger partial charge in [-0.1, -0.05) is 0 Å². The summed E-state index contributed by atoms with van der Waals surface area (Å²) in [5.74, 6) is -0.510. The first-order valence-corrected chi connectivity index (χ1v) is 8.45. The molecule has 3 heterocycles. The highest BCUT2D eigenvalue weighted by Gasteiger charge is 2.21. The van der Waals surface area contributed by atoms with Crippen molar-refractivity contribution in [1.29, 1.82) is 0 Å². The van der Waals surface area contributed by atoms with E-state index in [0.29, 0.717) is 23.7 Å². The van der Waals surface area contributed by atoms with E-state index in [9.17, 15) is 18.0 Å². The van der Waals surface area contributed by atoms with Gasteiger partial charge in [-0.05, 0) is 17.7 Å². The number of rotatable bonds is 8. The summed E-state index contributed by atoms with van der Waals surface area (Å²) >= 11 is 0. The largest absolute Gasteiger partial charge is 0.461 e. The van der Waals surface area contributed by atoms with E-state index in [4.69, 9.17) is 4.74 Å². The van der Waals surface area contributed by atoms with Gasteiger partial charge in [0.2, 0.25) is 0 Å². The molecule has 0 amide bonds. The summed E-state index contributed by atoms with van der Waals surface area (Å²) in [6, 6.07) is 4.07. The number of halogens is 3. The van der Waals surface area contributed by atoms with Crippen molar-refractivity contribution in [3.8, 4) is 17.3 Å². The standard InChI is InChI=1S/C18H16F3N5O3/c1-18(20,21)29-5-4-28-17-23-8-13(9-24-17)15-2-3-16(27)26(25-15)11-12-6-14(19)10-22-7-12/h2-3,6-10H,4-5,11H2,1H3. The molecule has 0 aromatic carbocycles. The first-order valence-electron chi connectivity index (χ1n) is 8.45. The van der Waals surface area contributed by atoms with Gasteiger partial charge in [-0.25, -0.2) is 19.0 Å². The van der Waals surface area contributed by atoms with Crippen molar-refractivity contribution < 1.29 is 22.6 Å². The minimum absolute atomic E-state index is 0.0177. The number of aromatic nitrogens is 5. The second-order valence-electron chi connectivity index (χ2n) is 5.98. The molecule has 0 aliphatic heterocycles. The number of hydrogen-bond acceptors (Lipinski definition) is 7. The van der Waals surface area contributed by atoms with Crippen LogP contribution in [0.4, 0.5) is 13.2 Å². The van der Waals surface area contributed by atoms with Crippen LogP contribution in [0.5, 0.6) is 6.01 Å². The Morgan fingerprint density at radius 1 is 1.10 bits per heavy atom. The predicted octanol–water partition coefficient (Wildman–Crippen LogP) is 2.29. The predicted molar refractivity (Wildman–Crippen MR) is 94.9 cm³/mol. The molecule has 0 radical (unpaired) electrons. The zero-order valence-corrected chi connectivity index (χ0v) is 15.3. The number of nitrogens with zero attached hydrogens (tertiary/aromatic N) is 5. The molecule has 3 rings (SSSR count). The lowest BCUT2D eigenvalue weighted by Crippen LogP contribution is -2.23. The number of ether oxygens (including phenoxy) is 2. The molecular formula is C18H16F3N5O3. The van der Waals surface area contributed by atoms with Gasteiger partial charge in [-0.2, -0.15) is 13.9 Å². The molecule has 0 saturated heterocycles. The Balaban J connectivity index is 1.68. The summed E-state index contributed by atoms with van der Waals surface area (Å²) in [6.45, 7) is 0.209. The number of pyridine rings is 1. The third kappa shape index (κ3) is 6.07. The zero-order chi connectivity index (χ0) is 20.9. The van der Waals surface area contributed by atoms with Crippen molar-refractivity contribution in [2.24, 2.45) is 0 Å². The minimum Gasteiger partial charge on any atom is -0.461 e. The van der Waals surface area contributed by atoms with Crippen molar-refractivity contribution in [3.05, 3.63) is 64.7 Å². The van der Waals surface area contributed by atoms with E-state index >= 15 is 0 Å². The lowest BCUT2D eigenvalue weighted by atomic mass is 10.2. The van der Waals surface area contributed by atoms with Gasteiger partial charge in [0.15, 0.2) is 0 Å². The zero-order valence-electron chi connectivity index (χ0n) is 15.3. The monoisotopic (exact) mass is 407 g/mol. The molecule has 0 atom stereocenters. The summed E-state index contributed by atoms with van der Waals surface area (Å²) in [6.07, 6.45) is 2.11. The molecule has 0 N–H and O–H groups in total. The molecular weight excluding hydrogens is 391 g/mol. The highest BCUT2D eigenvalue weighted by atomic mass is 19.3. The SMILES string of the molecule is CC(F)(F)OCCOc1ncc(-c2ccc(=O)n(Cc3cncc(F)c3)n2)cn1. The second kappa shape index (κ2) is 8.78. The van der Waals surface area contributed by atoms with E-state index in [2.05, 4.69) is 24.8 Å². The van der Waals surface area contributed by atoms with Crippen LogP contribution in [0.15, 0.2) is 47.8 Å². The summed E-state index contributed by atoms with van der Waals surface area (Å²) in [5.41, 5.74) is 1.03. The van der Waals surface area contributed by atoms with Gasteiger partial charge in [-0.15, -0.1) is 0 Å². The molecule has 3 aromatic rings. The van der Waals surface area contributed by atoms with Crippen LogP contribution in [0.3, 0.4) is 0 Å². The summed E-state index contributed by atoms with van der Waals surface area (Å²) < 4.78 is 48.9. The highest BCUT2D eigenvalue weighted by molar-refractivity contribution is 5.55. The Morgan fingerprint density at radius 3 is 2.55 bits per heavy atom. The number of alkyl halides is 2. The van der Waals surface area contributed by atoms with E-state index in [-0.39, 0.29) is 31.3 Å². The quantitative estimate of drug-likeness (QED) is 0.529. The average Bonchev–Trinajstić information content (AvgIpc) is 2.67. The molecule has 0 fully saturated rings. The van der Waals surface area contributed by atoms with Crippen molar-refractivity contribution in [1.82, 2.24) is 24.7 Å². The van der Waals surface area contributed by atoms with Gasteiger partial charge in [0.05, 0.1) is 25.0 Å². The van der Waals surface area contributed by atoms with Crippen LogP contribution in [0.2, 0.25) is 0 Å². The molecule has 0 spiro atoms. The molecule has 0 saturated carbocycles. The highest BCUT2D eigenvalue weighted by Crippen LogP contribution is 2.16. The van der Waals surface area contributed by atoms with Crippen molar-refractivity contribution in [3.63, 3.8) is 0 Å². The van der Waals surface area contributed by atoms with Gasteiger partial charge in [-0.3, -0.25) is 9.78 Å². The lowest BCUT2D eigenvalue weighted by molar-refractivity contribution is -0.226. The summed E-state index contributed by atoms with van der Waals surface area (Å²) in [5, 5.41) is 4.23. The van der Waals surface area contributed by atoms with Gasteiger partial charge < -0.3 is 9.47 Å². The minimum atomic E-state index is -3.23. The lowest BCUT2D eigenvalue weighted by Gasteiger charge is -2.11. The van der Waals surface area contributed by atoms with Gasteiger partial charge in [0.25, 0.3) is 5.56 Å². The Kier molecular flexibility index (Phi) is 6.17. The van der Waals surface area contributed by atoms with E-state index < -0.39 is 11.9 Å². The van der Waals surface area contributed by atoms with E-state index in [0.717, 1.165) is 6.20 Å². The normalized spacial score (nSPS) is 11.4. The Morgan fingerprint density at radius 2 is 1.86 bits per heavy atom. The van der Waals surface area contributed by atoms with Gasteiger partial charge >= 0.3 is 12.1 Å². The smallest absolute Gasteiger partial charge is 0.353 e. The van der Waals surface area contributed by atoms with Gasteiger partial charge in [0, 0.05) is 37.1 Å². The summed E-state index contributed by atoms with van der Waals surface area (Å²) in [7, 11) is 0. The van der Waals surface area contributed by atoms with Crippen LogP contribution in [0.25, 0.3) is 11.3 Å². The van der Waals surface area contributed by atoms with Crippen LogP contribution in [0, 0.1) is 5.82 Å². The fourth-order valence-electron chi connectivity index (χ4n) is 2.31. The van der Waals surface area contributed by atoms with Crippen LogP contribution < -0.4 is 10.3 Å². The molecule has 0 bridgehead atoms. The first kappa shape index (κ1) is 20.4. The van der Waals surface area contributed by atoms with Crippen molar-refractivity contribution in [2.45, 2.75) is 19.6 Å². The maximum Gasteiger partial charge on any atom is 0.353 e. The van der Waals surface area contributed by atoms with Crippen LogP contribution >= 0.6 is 0 Å². The molecule has 0 aliphatic carbocycles. The Hall–Kier alpha value is -3.34. The molecule has 0 unspecified atom stereocenters. The molecule has 8 nitrogen and oxygen atoms in total. The average molecular weight is 407 g/mol. The van der Waals surface area contributed by atoms with Crippen LogP contribution in [0.1, 0.15) is 12.5 Å². The maximum absolute atomic E-state index is 13.3. The molecule has 152 valence electrons. The number of hydrogen-bond donors (Lipinski definition) is 0. The fourth-order valence-corrected chi connectivity index (χ4v) is 2.31. The topological polar surface area (TPSA) is 92.0 Å². The van der Waals surface area contributed by atoms with E-state index in [1.54, 1.807) is 0 Å². The van der Waals surface area contributed by atoms with E-state index in [1.165, 1.54) is 41.5 Å². The first-order chi connectivity index (χ1) is 13.8. The molecule has 3 aromatic heterocycles.